The van der Waals surface area contributed by atoms with E-state index in [1.165, 1.54) is 0 Å². The average molecular weight is 362 g/mol. The molecule has 1 aliphatic heterocycles. The van der Waals surface area contributed by atoms with Crippen LogP contribution in [0.4, 0.5) is 19.0 Å². The number of hydrogen-bond acceptors (Lipinski definition) is 4. The smallest absolute Gasteiger partial charge is 0.347 e. The lowest BCUT2D eigenvalue weighted by Crippen LogP contribution is -2.35. The fraction of sp³-hybridized carbons (Fsp3) is 0.417. The van der Waals surface area contributed by atoms with E-state index in [2.05, 4.69) is 31.1 Å². The summed E-state index contributed by atoms with van der Waals surface area (Å²) in [6.45, 7) is 0.900. The van der Waals surface area contributed by atoms with Crippen LogP contribution in [0.25, 0.3) is 0 Å². The van der Waals surface area contributed by atoms with Crippen LogP contribution in [0.1, 0.15) is 17.2 Å². The Morgan fingerprint density at radius 3 is 2.62 bits per heavy atom. The molecule has 0 bridgehead atoms. The first kappa shape index (κ1) is 14.3. The Morgan fingerprint density at radius 1 is 1.19 bits per heavy atom. The van der Waals surface area contributed by atoms with Gasteiger partial charge >= 0.3 is 6.18 Å². The summed E-state index contributed by atoms with van der Waals surface area (Å²) >= 11 is 3.34. The number of alkyl halides is 4. The van der Waals surface area contributed by atoms with Crippen LogP contribution in [0.2, 0.25) is 0 Å². The first-order chi connectivity index (χ1) is 9.99. The summed E-state index contributed by atoms with van der Waals surface area (Å²) in [4.78, 5) is 6.21. The van der Waals surface area contributed by atoms with Gasteiger partial charge in [0.25, 0.3) is 0 Å². The maximum absolute atomic E-state index is 12.8. The zero-order valence-electron chi connectivity index (χ0n) is 10.8. The zero-order valence-corrected chi connectivity index (χ0v) is 12.4. The van der Waals surface area contributed by atoms with Crippen molar-refractivity contribution in [2.75, 3.05) is 11.4 Å². The Bertz CT molecular complexity index is 637. The molecule has 112 valence electrons. The highest BCUT2D eigenvalue weighted by atomic mass is 79.9. The molecule has 9 heteroatoms. The van der Waals surface area contributed by atoms with E-state index in [4.69, 9.17) is 0 Å². The molecule has 0 radical (unpaired) electrons. The first-order valence-electron chi connectivity index (χ1n) is 6.24. The maximum atomic E-state index is 12.8. The molecule has 0 saturated carbocycles. The third-order valence-electron chi connectivity index (χ3n) is 3.29. The van der Waals surface area contributed by atoms with Crippen LogP contribution in [-0.4, -0.2) is 26.3 Å². The Morgan fingerprint density at radius 2 is 2.00 bits per heavy atom. The number of anilines is 1. The molecular formula is C12H11BrF3N5. The molecule has 2 aromatic rings. The van der Waals surface area contributed by atoms with Gasteiger partial charge in [-0.05, 0) is 11.6 Å². The largest absolute Gasteiger partial charge is 0.451 e. The second-order valence-corrected chi connectivity index (χ2v) is 5.23. The van der Waals surface area contributed by atoms with Gasteiger partial charge in [-0.2, -0.15) is 13.2 Å². The summed E-state index contributed by atoms with van der Waals surface area (Å²) in [6.07, 6.45) is -2.73. The number of nitrogens with zero attached hydrogens (tertiary/aromatic N) is 5. The molecule has 5 nitrogen and oxygen atoms in total. The average Bonchev–Trinajstić information content (AvgIpc) is 2.90. The van der Waals surface area contributed by atoms with Crippen LogP contribution in [0, 0.1) is 0 Å². The van der Waals surface area contributed by atoms with Crippen molar-refractivity contribution in [3.05, 3.63) is 35.5 Å². The number of rotatable bonds is 2. The van der Waals surface area contributed by atoms with E-state index in [0.29, 0.717) is 17.7 Å². The molecule has 0 atom stereocenters. The Balaban J connectivity index is 1.83. The number of fused-ring (bicyclic) bond motifs is 1. The molecule has 0 amide bonds. The quantitative estimate of drug-likeness (QED) is 0.771. The van der Waals surface area contributed by atoms with Gasteiger partial charge in [0.15, 0.2) is 5.82 Å². The Kier molecular flexibility index (Phi) is 3.60. The van der Waals surface area contributed by atoms with E-state index in [-0.39, 0.29) is 13.1 Å². The van der Waals surface area contributed by atoms with Crippen LogP contribution in [0.15, 0.2) is 18.3 Å². The van der Waals surface area contributed by atoms with Crippen molar-refractivity contribution in [1.82, 2.24) is 19.7 Å². The molecule has 0 aliphatic carbocycles. The van der Waals surface area contributed by atoms with E-state index in [9.17, 15) is 13.2 Å². The maximum Gasteiger partial charge on any atom is 0.451 e. The number of hydrogen-bond donors (Lipinski definition) is 0. The van der Waals surface area contributed by atoms with Crippen LogP contribution < -0.4 is 4.90 Å². The second-order valence-electron chi connectivity index (χ2n) is 4.67. The molecule has 3 rings (SSSR count). The summed E-state index contributed by atoms with van der Waals surface area (Å²) in [6, 6.07) is 3.78. The van der Waals surface area contributed by atoms with Gasteiger partial charge in [0.1, 0.15) is 5.82 Å². The fourth-order valence-electron chi connectivity index (χ4n) is 2.25. The molecule has 2 aromatic heterocycles. The van der Waals surface area contributed by atoms with Gasteiger partial charge in [0.2, 0.25) is 5.82 Å². The summed E-state index contributed by atoms with van der Waals surface area (Å²) in [5.41, 5.74) is 1.04. The second kappa shape index (κ2) is 5.28. The predicted molar refractivity (Wildman–Crippen MR) is 72.9 cm³/mol. The minimum atomic E-state index is -4.47. The van der Waals surface area contributed by atoms with Crippen molar-refractivity contribution in [3.8, 4) is 0 Å². The van der Waals surface area contributed by atoms with Gasteiger partial charge in [-0.25, -0.2) is 4.98 Å². The summed E-state index contributed by atoms with van der Waals surface area (Å²) in [5, 5.41) is 7.62. The normalized spacial score (nSPS) is 15.1. The predicted octanol–water partition coefficient (Wildman–Crippen LogP) is 2.61. The third kappa shape index (κ3) is 2.74. The van der Waals surface area contributed by atoms with Gasteiger partial charge in [0.05, 0.1) is 6.54 Å². The molecule has 0 fully saturated rings. The molecule has 0 saturated heterocycles. The van der Waals surface area contributed by atoms with Crippen LogP contribution in [0.5, 0.6) is 0 Å². The van der Waals surface area contributed by atoms with Gasteiger partial charge in [-0.1, -0.05) is 22.0 Å². The lowest BCUT2D eigenvalue weighted by molar-refractivity contribution is -0.147. The molecular weight excluding hydrogens is 351 g/mol. The zero-order chi connectivity index (χ0) is 15.0. The minimum Gasteiger partial charge on any atom is -0.347 e. The molecule has 1 aliphatic rings. The highest BCUT2D eigenvalue weighted by Gasteiger charge is 2.39. The van der Waals surface area contributed by atoms with Gasteiger partial charge in [0, 0.05) is 24.6 Å². The standard InChI is InChI=1S/C12H11BrF3N5/c13-5-8-1-2-9(17-6-8)20-3-4-21-10(7-20)18-19-11(21)12(14,15)16/h1-2,6H,3-5,7H2. The molecule has 21 heavy (non-hydrogen) atoms. The highest BCUT2D eigenvalue weighted by Crippen LogP contribution is 2.30. The van der Waals surface area contributed by atoms with Crippen molar-refractivity contribution in [1.29, 1.82) is 0 Å². The third-order valence-corrected chi connectivity index (χ3v) is 3.94. The monoisotopic (exact) mass is 361 g/mol. The van der Waals surface area contributed by atoms with E-state index in [1.807, 2.05) is 17.0 Å². The van der Waals surface area contributed by atoms with Crippen molar-refractivity contribution in [2.24, 2.45) is 0 Å². The van der Waals surface area contributed by atoms with Crippen LogP contribution >= 0.6 is 15.9 Å². The topological polar surface area (TPSA) is 46.8 Å². The Hall–Kier alpha value is -1.64. The van der Waals surface area contributed by atoms with Crippen molar-refractivity contribution < 1.29 is 13.2 Å². The molecule has 0 aromatic carbocycles. The molecule has 0 N–H and O–H groups in total. The van der Waals surface area contributed by atoms with Crippen molar-refractivity contribution in [2.45, 2.75) is 24.6 Å². The SMILES string of the molecule is FC(F)(F)c1nnc2n1CCN(c1ccc(CBr)cn1)C2. The summed E-state index contributed by atoms with van der Waals surface area (Å²) in [7, 11) is 0. The molecule has 0 spiro atoms. The number of aromatic nitrogens is 4. The highest BCUT2D eigenvalue weighted by molar-refractivity contribution is 9.08. The van der Waals surface area contributed by atoms with E-state index < -0.39 is 12.0 Å². The number of halogens is 4. The lowest BCUT2D eigenvalue weighted by atomic mass is 10.3. The van der Waals surface area contributed by atoms with E-state index in [0.717, 1.165) is 15.9 Å². The van der Waals surface area contributed by atoms with E-state index in [1.54, 1.807) is 6.20 Å². The van der Waals surface area contributed by atoms with E-state index >= 15 is 0 Å². The minimum absolute atomic E-state index is 0.194. The molecule has 3 heterocycles. The fourth-order valence-corrected chi connectivity index (χ4v) is 2.58. The van der Waals surface area contributed by atoms with Crippen LogP contribution in [-0.2, 0) is 24.6 Å². The lowest BCUT2D eigenvalue weighted by Gasteiger charge is -2.28. The number of pyridine rings is 1. The Labute approximate surface area is 126 Å². The molecule has 0 unspecified atom stereocenters. The van der Waals surface area contributed by atoms with Crippen molar-refractivity contribution in [3.63, 3.8) is 0 Å². The van der Waals surface area contributed by atoms with Gasteiger partial charge in [-0.3, -0.25) is 0 Å². The van der Waals surface area contributed by atoms with Gasteiger partial charge in [-0.15, -0.1) is 10.2 Å². The van der Waals surface area contributed by atoms with Gasteiger partial charge < -0.3 is 9.47 Å². The van der Waals surface area contributed by atoms with Crippen molar-refractivity contribution >= 4 is 21.7 Å². The summed E-state index contributed by atoms with van der Waals surface area (Å²) < 4.78 is 39.4. The summed E-state index contributed by atoms with van der Waals surface area (Å²) in [5.74, 6) is 0.0993. The van der Waals surface area contributed by atoms with Crippen LogP contribution in [0.3, 0.4) is 0 Å². The first-order valence-corrected chi connectivity index (χ1v) is 7.36.